The average Bonchev–Trinajstić information content (AvgIpc) is 3.82. The number of hydrogen-bond acceptors (Lipinski definition) is 9. The van der Waals surface area contributed by atoms with Gasteiger partial charge in [0.15, 0.2) is 0 Å². The lowest BCUT2D eigenvalue weighted by Crippen LogP contribution is -2.52. The van der Waals surface area contributed by atoms with E-state index in [2.05, 4.69) is 0 Å². The second-order valence-corrected chi connectivity index (χ2v) is 19.5. The lowest BCUT2D eigenvalue weighted by Gasteiger charge is -2.45. The Morgan fingerprint density at radius 1 is 0.605 bits per heavy atom. The maximum atomic E-state index is 13.4. The largest absolute Gasteiger partial charge is 0.416 e. The molecule has 4 N–H and O–H groups in total. The SMILES string of the molecule is NN1CCC(COC(CO)c2cc(C(F)(F)F)cc(C(F)(F)F)c2)(c2ccccc2)CC1.O=C(Cl)CCCCl.O=C1CCCN1N1CCC(COC(CO)c2cc(C(F)(F)F)cc(C(F)(F)F)c2)(c2ccccc2)CC1. The molecule has 10 nitrogen and oxygen atoms in total. The number of ether oxygens (including phenoxy) is 2. The maximum Gasteiger partial charge on any atom is 0.416 e. The minimum Gasteiger partial charge on any atom is -0.393 e. The molecule has 3 aliphatic heterocycles. The van der Waals surface area contributed by atoms with Gasteiger partial charge in [0.25, 0.3) is 0 Å². The molecule has 0 aliphatic carbocycles. The van der Waals surface area contributed by atoms with Crippen molar-refractivity contribution in [2.45, 2.75) is 99.1 Å². The molecule has 0 saturated carbocycles. The first-order valence-electron chi connectivity index (χ1n) is 24.1. The van der Waals surface area contributed by atoms with Gasteiger partial charge in [0.2, 0.25) is 11.1 Å². The number of carbonyl (C=O) groups excluding carboxylic acids is 2. The van der Waals surface area contributed by atoms with Crippen LogP contribution >= 0.6 is 23.2 Å². The summed E-state index contributed by atoms with van der Waals surface area (Å²) in [4.78, 5) is 22.1. The van der Waals surface area contributed by atoms with Crippen LogP contribution in [-0.4, -0.2) is 101 Å². The molecular weight excluding hydrogens is 1080 g/mol. The molecule has 0 spiro atoms. The number of nitrogens with zero attached hydrogens (tertiary/aromatic N) is 3. The number of alkyl halides is 13. The number of hydrogen-bond donors (Lipinski definition) is 3. The van der Waals surface area contributed by atoms with E-state index in [1.54, 1.807) is 10.0 Å². The lowest BCUT2D eigenvalue weighted by atomic mass is 9.73. The number of nitrogens with two attached hydrogens (primary N) is 1. The van der Waals surface area contributed by atoms with E-state index in [0.29, 0.717) is 108 Å². The number of hydrazine groups is 2. The summed E-state index contributed by atoms with van der Waals surface area (Å²) in [7, 11) is 0. The Morgan fingerprint density at radius 2 is 0.974 bits per heavy atom. The lowest BCUT2D eigenvalue weighted by molar-refractivity contribution is -0.147. The van der Waals surface area contributed by atoms with E-state index in [1.165, 1.54) is 0 Å². The van der Waals surface area contributed by atoms with E-state index in [0.717, 1.165) is 17.5 Å². The molecule has 4 aromatic carbocycles. The zero-order chi connectivity index (χ0) is 56.1. The van der Waals surface area contributed by atoms with E-state index in [-0.39, 0.29) is 42.1 Å². The number of piperidine rings is 2. The van der Waals surface area contributed by atoms with E-state index >= 15 is 0 Å². The molecule has 24 heteroatoms. The fourth-order valence-electron chi connectivity index (χ4n) is 9.23. The molecule has 2 atom stereocenters. The van der Waals surface area contributed by atoms with Crippen molar-refractivity contribution < 1.29 is 82.0 Å². The van der Waals surface area contributed by atoms with Crippen LogP contribution in [0.25, 0.3) is 0 Å². The van der Waals surface area contributed by atoms with E-state index in [4.69, 9.17) is 38.5 Å². The summed E-state index contributed by atoms with van der Waals surface area (Å²) in [5, 5.41) is 24.8. The van der Waals surface area contributed by atoms with Crippen molar-refractivity contribution in [1.29, 1.82) is 0 Å². The highest BCUT2D eigenvalue weighted by Gasteiger charge is 2.43. The minimum atomic E-state index is -5.00. The molecule has 3 aliphatic rings. The highest BCUT2D eigenvalue weighted by molar-refractivity contribution is 6.63. The van der Waals surface area contributed by atoms with Crippen molar-refractivity contribution in [3.63, 3.8) is 0 Å². The molecule has 2 unspecified atom stereocenters. The van der Waals surface area contributed by atoms with Crippen LogP contribution in [0.3, 0.4) is 0 Å². The van der Waals surface area contributed by atoms with Gasteiger partial charge in [0, 0.05) is 62.3 Å². The molecule has 1 amide bonds. The predicted molar refractivity (Wildman–Crippen MR) is 258 cm³/mol. The number of aliphatic hydroxyl groups excluding tert-OH is 2. The third kappa shape index (κ3) is 17.2. The number of aliphatic hydroxyl groups is 2. The van der Waals surface area contributed by atoms with E-state index in [9.17, 15) is 72.5 Å². The summed E-state index contributed by atoms with van der Waals surface area (Å²) in [5.41, 5.74) is -5.86. The summed E-state index contributed by atoms with van der Waals surface area (Å²) < 4.78 is 171. The van der Waals surface area contributed by atoms with Crippen molar-refractivity contribution in [1.82, 2.24) is 15.0 Å². The third-order valence-corrected chi connectivity index (χ3v) is 14.0. The van der Waals surface area contributed by atoms with Gasteiger partial charge in [-0.05, 0) is 109 Å². The first-order valence-corrected chi connectivity index (χ1v) is 25.0. The Balaban J connectivity index is 0.000000251. The van der Waals surface area contributed by atoms with Crippen LogP contribution < -0.4 is 5.84 Å². The summed E-state index contributed by atoms with van der Waals surface area (Å²) >= 11 is 10.2. The zero-order valence-electron chi connectivity index (χ0n) is 40.9. The number of halogens is 14. The number of carbonyl (C=O) groups is 2. The Kier molecular flexibility index (Phi) is 22.1. The Labute approximate surface area is 441 Å². The van der Waals surface area contributed by atoms with Crippen molar-refractivity contribution >= 4 is 34.4 Å². The molecule has 0 aromatic heterocycles. The van der Waals surface area contributed by atoms with Gasteiger partial charge in [0.1, 0.15) is 12.2 Å². The average molecular weight is 1130 g/mol. The van der Waals surface area contributed by atoms with Crippen LogP contribution in [0.4, 0.5) is 52.7 Å². The Morgan fingerprint density at radius 3 is 1.26 bits per heavy atom. The van der Waals surface area contributed by atoms with Crippen LogP contribution in [0, 0.1) is 0 Å². The number of benzene rings is 4. The highest BCUT2D eigenvalue weighted by atomic mass is 35.5. The van der Waals surface area contributed by atoms with Crippen molar-refractivity contribution in [3.8, 4) is 0 Å². The second kappa shape index (κ2) is 26.9. The van der Waals surface area contributed by atoms with E-state index < -0.39 is 88.8 Å². The van der Waals surface area contributed by atoms with Crippen LogP contribution in [0.5, 0.6) is 0 Å². The molecule has 4 aromatic rings. The van der Waals surface area contributed by atoms with Crippen molar-refractivity contribution in [2.24, 2.45) is 5.84 Å². The quantitative estimate of drug-likeness (QED) is 0.0435. The Hall–Kier alpha value is -4.52. The van der Waals surface area contributed by atoms with Crippen LogP contribution in [0.2, 0.25) is 0 Å². The van der Waals surface area contributed by atoms with Crippen molar-refractivity contribution in [3.05, 3.63) is 142 Å². The summed E-state index contributed by atoms with van der Waals surface area (Å²) in [5.74, 6) is 6.44. The molecule has 0 bridgehead atoms. The fraction of sp³-hybridized carbons (Fsp3) is 0.500. The molecule has 0 radical (unpaired) electrons. The van der Waals surface area contributed by atoms with Gasteiger partial charge in [-0.3, -0.25) is 20.4 Å². The first kappa shape index (κ1) is 62.3. The van der Waals surface area contributed by atoms with Gasteiger partial charge in [-0.15, -0.1) is 11.6 Å². The fourth-order valence-corrected chi connectivity index (χ4v) is 9.50. The summed E-state index contributed by atoms with van der Waals surface area (Å²) in [6, 6.07) is 21.1. The number of rotatable bonds is 16. The topological polar surface area (TPSA) is 129 Å². The van der Waals surface area contributed by atoms with Gasteiger partial charge in [0.05, 0.1) is 48.7 Å². The molecule has 76 heavy (non-hydrogen) atoms. The van der Waals surface area contributed by atoms with Crippen LogP contribution in [0.1, 0.15) is 108 Å². The van der Waals surface area contributed by atoms with Crippen LogP contribution in [0.15, 0.2) is 97.1 Å². The monoisotopic (exact) mass is 1130 g/mol. The maximum absolute atomic E-state index is 13.4. The second-order valence-electron chi connectivity index (χ2n) is 18.7. The van der Waals surface area contributed by atoms with Gasteiger partial charge >= 0.3 is 24.7 Å². The predicted octanol–water partition coefficient (Wildman–Crippen LogP) is 11.8. The minimum absolute atomic E-state index is 0.00762. The molecule has 7 rings (SSSR count). The van der Waals surface area contributed by atoms with Gasteiger partial charge in [-0.1, -0.05) is 60.7 Å². The molecule has 3 heterocycles. The zero-order valence-corrected chi connectivity index (χ0v) is 42.4. The standard InChI is InChI=1S/C26H28F6N2O3.C22H24F6N2O2.C4H6Cl2O/c27-25(28,29)20-13-18(14-21(15-20)26(30,31)32)22(16-35)37-17-24(19-5-2-1-3-6-19)8-11-33(12-9-24)34-10-4-7-23(34)36;23-21(24,25)17-10-15(11-18(12-17)22(26,27)28)19(13-31)32-14-20(6-8-30(29)9-7-20)16-4-2-1-3-5-16;5-3-1-2-4(6)7/h1-3,5-6,13-15,22,35H,4,7-12,16-17H2;1-5,10-12,19,31H,6-9,13-14,29H2;1-3H2. The van der Waals surface area contributed by atoms with Gasteiger partial charge in [-0.25, -0.2) is 10.0 Å². The van der Waals surface area contributed by atoms with Gasteiger partial charge < -0.3 is 19.7 Å². The van der Waals surface area contributed by atoms with Gasteiger partial charge in [-0.2, -0.15) is 52.7 Å². The Bertz CT molecular complexity index is 2410. The van der Waals surface area contributed by atoms with Crippen LogP contribution in [-0.2, 0) is 54.6 Å². The molecule has 3 saturated heterocycles. The third-order valence-electron chi connectivity index (χ3n) is 13.5. The molecular formula is C52H58Cl2F12N4O6. The van der Waals surface area contributed by atoms with E-state index in [1.807, 2.05) is 65.7 Å². The van der Waals surface area contributed by atoms with Crippen molar-refractivity contribution in [2.75, 3.05) is 65.0 Å². The molecule has 420 valence electrons. The number of amides is 1. The first-order chi connectivity index (χ1) is 35.6. The summed E-state index contributed by atoms with van der Waals surface area (Å²) in [6.45, 7) is 1.23. The highest BCUT2D eigenvalue weighted by Crippen LogP contribution is 2.43. The smallest absolute Gasteiger partial charge is 0.393 e. The normalized spacial score (nSPS) is 18.3. The molecule has 3 fully saturated rings. The summed E-state index contributed by atoms with van der Waals surface area (Å²) in [6.07, 6.45) is -18.1.